The van der Waals surface area contributed by atoms with E-state index in [0.29, 0.717) is 18.9 Å². The molecule has 0 bridgehead atoms. The molecule has 2 fully saturated rings. The molecule has 2 saturated heterocycles. The van der Waals surface area contributed by atoms with Gasteiger partial charge in [0.1, 0.15) is 0 Å². The van der Waals surface area contributed by atoms with Gasteiger partial charge in [0, 0.05) is 19.1 Å². The van der Waals surface area contributed by atoms with Crippen molar-refractivity contribution in [2.75, 3.05) is 38.2 Å². The molecule has 2 heterocycles. The molecule has 0 aromatic heterocycles. The maximum atomic E-state index is 12.3. The van der Waals surface area contributed by atoms with Gasteiger partial charge in [0.25, 0.3) is 0 Å². The molecule has 21 heavy (non-hydrogen) atoms. The molecule has 2 N–H and O–H groups in total. The van der Waals surface area contributed by atoms with Crippen molar-refractivity contribution >= 4 is 15.7 Å². The summed E-state index contributed by atoms with van der Waals surface area (Å²) in [5.41, 5.74) is 5.92. The van der Waals surface area contributed by atoms with E-state index in [1.165, 1.54) is 0 Å². The number of carbonyl (C=O) groups excluding carboxylic acids is 1. The summed E-state index contributed by atoms with van der Waals surface area (Å²) in [6.07, 6.45) is 2.64. The van der Waals surface area contributed by atoms with Gasteiger partial charge in [-0.15, -0.1) is 0 Å². The van der Waals surface area contributed by atoms with Crippen LogP contribution in [0.2, 0.25) is 0 Å². The van der Waals surface area contributed by atoms with E-state index in [1.54, 1.807) is 11.9 Å². The van der Waals surface area contributed by atoms with E-state index in [1.807, 2.05) is 6.92 Å². The average molecular weight is 317 g/mol. The van der Waals surface area contributed by atoms with Gasteiger partial charge in [0.2, 0.25) is 5.91 Å². The van der Waals surface area contributed by atoms with Gasteiger partial charge in [-0.1, -0.05) is 0 Å². The lowest BCUT2D eigenvalue weighted by molar-refractivity contribution is -0.133. The monoisotopic (exact) mass is 317 g/mol. The minimum atomic E-state index is -2.95. The molecule has 6 nitrogen and oxygen atoms in total. The van der Waals surface area contributed by atoms with Crippen LogP contribution in [0.5, 0.6) is 0 Å². The first-order valence-corrected chi connectivity index (χ1v) is 9.54. The quantitative estimate of drug-likeness (QED) is 0.769. The molecule has 0 aliphatic carbocycles. The van der Waals surface area contributed by atoms with E-state index >= 15 is 0 Å². The van der Waals surface area contributed by atoms with Crippen molar-refractivity contribution < 1.29 is 13.2 Å². The van der Waals surface area contributed by atoms with Crippen molar-refractivity contribution in [2.24, 2.45) is 11.7 Å². The van der Waals surface area contributed by atoms with E-state index in [-0.39, 0.29) is 29.5 Å². The molecule has 1 amide bonds. The van der Waals surface area contributed by atoms with Crippen LogP contribution in [0, 0.1) is 5.92 Å². The summed E-state index contributed by atoms with van der Waals surface area (Å²) in [6.45, 7) is 4.22. The Morgan fingerprint density at radius 2 is 1.95 bits per heavy atom. The van der Waals surface area contributed by atoms with Crippen LogP contribution in [0.25, 0.3) is 0 Å². The molecular weight excluding hydrogens is 290 g/mol. The Kier molecular flexibility index (Phi) is 5.27. The highest BCUT2D eigenvalue weighted by molar-refractivity contribution is 7.91. The van der Waals surface area contributed by atoms with Crippen molar-refractivity contribution in [3.05, 3.63) is 0 Å². The van der Waals surface area contributed by atoms with Crippen molar-refractivity contribution in [3.63, 3.8) is 0 Å². The largest absolute Gasteiger partial charge is 0.341 e. The van der Waals surface area contributed by atoms with Gasteiger partial charge in [-0.05, 0) is 45.2 Å². The first kappa shape index (κ1) is 16.7. The highest BCUT2D eigenvalue weighted by Gasteiger charge is 2.33. The second-order valence-electron chi connectivity index (χ2n) is 6.53. The number of hydrogen-bond acceptors (Lipinski definition) is 5. The van der Waals surface area contributed by atoms with E-state index < -0.39 is 9.84 Å². The average Bonchev–Trinajstić information content (AvgIpc) is 2.78. The summed E-state index contributed by atoms with van der Waals surface area (Å²) < 4.78 is 23.0. The Bertz CT molecular complexity index is 470. The van der Waals surface area contributed by atoms with E-state index in [2.05, 4.69) is 4.90 Å². The summed E-state index contributed by atoms with van der Waals surface area (Å²) in [6, 6.07) is 0.0679. The lowest BCUT2D eigenvalue weighted by Gasteiger charge is -2.34. The van der Waals surface area contributed by atoms with Gasteiger partial charge < -0.3 is 10.6 Å². The normalized spacial score (nSPS) is 28.4. The molecule has 2 atom stereocenters. The molecule has 0 aromatic rings. The first-order valence-electron chi connectivity index (χ1n) is 7.72. The SMILES string of the molecule is CC(N)C1CCN(CC(=O)N(C)C2CCS(=O)(=O)C2)CC1. The second kappa shape index (κ2) is 6.62. The van der Waals surface area contributed by atoms with Crippen LogP contribution in [0.15, 0.2) is 0 Å². The Hall–Kier alpha value is -0.660. The number of hydrogen-bond donors (Lipinski definition) is 1. The van der Waals surface area contributed by atoms with Gasteiger partial charge in [-0.25, -0.2) is 8.42 Å². The zero-order valence-corrected chi connectivity index (χ0v) is 13.8. The fourth-order valence-corrected chi connectivity index (χ4v) is 5.00. The fourth-order valence-electron chi connectivity index (χ4n) is 3.22. The summed E-state index contributed by atoms with van der Waals surface area (Å²) in [5, 5.41) is 0. The van der Waals surface area contributed by atoms with E-state index in [4.69, 9.17) is 5.73 Å². The van der Waals surface area contributed by atoms with Crippen LogP contribution < -0.4 is 5.73 Å². The molecule has 2 unspecified atom stereocenters. The summed E-state index contributed by atoms with van der Waals surface area (Å²) in [4.78, 5) is 16.1. The Labute approximate surface area is 127 Å². The van der Waals surface area contributed by atoms with Gasteiger partial charge in [0.15, 0.2) is 9.84 Å². The van der Waals surface area contributed by atoms with Gasteiger partial charge in [-0.2, -0.15) is 0 Å². The van der Waals surface area contributed by atoms with Crippen molar-refractivity contribution in [2.45, 2.75) is 38.3 Å². The lowest BCUT2D eigenvalue weighted by atomic mass is 9.91. The van der Waals surface area contributed by atoms with Crippen molar-refractivity contribution in [3.8, 4) is 0 Å². The molecule has 2 rings (SSSR count). The standard InChI is InChI=1S/C14H27N3O3S/c1-11(15)12-3-6-17(7-4-12)9-14(18)16(2)13-5-8-21(19,20)10-13/h11-13H,3-10,15H2,1-2H3. The third kappa shape index (κ3) is 4.40. The molecule has 0 saturated carbocycles. The number of carbonyl (C=O) groups is 1. The predicted molar refractivity (Wildman–Crippen MR) is 82.6 cm³/mol. The number of piperidine rings is 1. The minimum Gasteiger partial charge on any atom is -0.341 e. The van der Waals surface area contributed by atoms with Crippen LogP contribution in [0.4, 0.5) is 0 Å². The number of amides is 1. The molecule has 2 aliphatic rings. The summed E-state index contributed by atoms with van der Waals surface area (Å²) in [7, 11) is -1.22. The Balaban J connectivity index is 1.80. The van der Waals surface area contributed by atoms with Gasteiger partial charge in [-0.3, -0.25) is 9.69 Å². The Morgan fingerprint density at radius 1 is 1.33 bits per heavy atom. The number of rotatable bonds is 4. The zero-order chi connectivity index (χ0) is 15.6. The molecule has 0 aromatic carbocycles. The molecular formula is C14H27N3O3S. The van der Waals surface area contributed by atoms with Crippen LogP contribution in [-0.4, -0.2) is 74.4 Å². The van der Waals surface area contributed by atoms with Crippen molar-refractivity contribution in [1.29, 1.82) is 0 Å². The van der Waals surface area contributed by atoms with E-state index in [0.717, 1.165) is 25.9 Å². The predicted octanol–water partition coefficient (Wildman–Crippen LogP) is -0.309. The molecule has 122 valence electrons. The van der Waals surface area contributed by atoms with Crippen LogP contribution in [0.1, 0.15) is 26.2 Å². The van der Waals surface area contributed by atoms with Crippen LogP contribution in [-0.2, 0) is 14.6 Å². The third-order valence-electron chi connectivity index (χ3n) is 4.88. The molecule has 2 aliphatic heterocycles. The van der Waals surface area contributed by atoms with E-state index in [9.17, 15) is 13.2 Å². The summed E-state index contributed by atoms with van der Waals surface area (Å²) in [5.74, 6) is 0.891. The maximum Gasteiger partial charge on any atom is 0.236 e. The maximum absolute atomic E-state index is 12.3. The Morgan fingerprint density at radius 3 is 2.43 bits per heavy atom. The van der Waals surface area contributed by atoms with Crippen LogP contribution in [0.3, 0.4) is 0 Å². The third-order valence-corrected chi connectivity index (χ3v) is 6.63. The summed E-state index contributed by atoms with van der Waals surface area (Å²) >= 11 is 0. The number of likely N-dealkylation sites (N-methyl/N-ethyl adjacent to an activating group) is 1. The topological polar surface area (TPSA) is 83.7 Å². The fraction of sp³-hybridized carbons (Fsp3) is 0.929. The number of likely N-dealkylation sites (tertiary alicyclic amines) is 1. The zero-order valence-electron chi connectivity index (χ0n) is 13.0. The molecule has 0 radical (unpaired) electrons. The van der Waals surface area contributed by atoms with Gasteiger partial charge >= 0.3 is 0 Å². The molecule has 7 heteroatoms. The first-order chi connectivity index (χ1) is 9.78. The number of nitrogens with two attached hydrogens (primary N) is 1. The minimum absolute atomic E-state index is 0.0244. The lowest BCUT2D eigenvalue weighted by Crippen LogP contribution is -2.47. The second-order valence-corrected chi connectivity index (χ2v) is 8.76. The van der Waals surface area contributed by atoms with Crippen molar-refractivity contribution in [1.82, 2.24) is 9.80 Å². The highest BCUT2D eigenvalue weighted by Crippen LogP contribution is 2.20. The van der Waals surface area contributed by atoms with Gasteiger partial charge in [0.05, 0.1) is 18.1 Å². The number of sulfone groups is 1. The van der Waals surface area contributed by atoms with Crippen LogP contribution >= 0.6 is 0 Å². The molecule has 0 spiro atoms. The number of nitrogens with zero attached hydrogens (tertiary/aromatic N) is 2. The smallest absolute Gasteiger partial charge is 0.236 e. The highest BCUT2D eigenvalue weighted by atomic mass is 32.2.